The van der Waals surface area contributed by atoms with E-state index < -0.39 is 0 Å². The predicted molar refractivity (Wildman–Crippen MR) is 54.9 cm³/mol. The Morgan fingerprint density at radius 2 is 2.15 bits per heavy atom. The van der Waals surface area contributed by atoms with E-state index in [1.54, 1.807) is 11.8 Å². The Bertz CT molecular complexity index is 269. The van der Waals surface area contributed by atoms with Crippen LogP contribution in [0.15, 0.2) is 5.16 Å². The molecule has 0 amide bonds. The number of rotatable bonds is 4. The molecule has 0 saturated heterocycles. The first-order chi connectivity index (χ1) is 6.16. The quantitative estimate of drug-likeness (QED) is 0.736. The van der Waals surface area contributed by atoms with Crippen LogP contribution in [0.3, 0.4) is 0 Å². The van der Waals surface area contributed by atoms with Crippen LogP contribution in [0.25, 0.3) is 0 Å². The fourth-order valence-electron chi connectivity index (χ4n) is 1.10. The lowest BCUT2D eigenvalue weighted by Crippen LogP contribution is -2.04. The molecule has 4 nitrogen and oxygen atoms in total. The highest BCUT2D eigenvalue weighted by atomic mass is 32.2. The maximum absolute atomic E-state index is 5.41. The molecule has 0 bridgehead atoms. The summed E-state index contributed by atoms with van der Waals surface area (Å²) in [4.78, 5) is 0. The van der Waals surface area contributed by atoms with Gasteiger partial charge in [0.05, 0.1) is 0 Å². The van der Waals surface area contributed by atoms with Gasteiger partial charge in [0.2, 0.25) is 0 Å². The maximum Gasteiger partial charge on any atom is 0.191 e. The third-order valence-electron chi connectivity index (χ3n) is 1.73. The lowest BCUT2D eigenvalue weighted by Gasteiger charge is -2.04. The smallest absolute Gasteiger partial charge is 0.191 e. The molecule has 1 aromatic heterocycles. The summed E-state index contributed by atoms with van der Waals surface area (Å²) in [6, 6.07) is 0. The lowest BCUT2D eigenvalue weighted by molar-refractivity contribution is 0.680. The zero-order valence-corrected chi connectivity index (χ0v) is 9.14. The van der Waals surface area contributed by atoms with Crippen LogP contribution in [0.1, 0.15) is 25.6 Å². The van der Waals surface area contributed by atoms with Crippen LogP contribution in [-0.4, -0.2) is 27.1 Å². The van der Waals surface area contributed by atoms with Crippen LogP contribution in [0.2, 0.25) is 0 Å². The van der Waals surface area contributed by atoms with Gasteiger partial charge >= 0.3 is 0 Å². The Kier molecular flexibility index (Phi) is 3.74. The highest BCUT2D eigenvalue weighted by molar-refractivity contribution is 7.99. The molecule has 74 valence electrons. The summed E-state index contributed by atoms with van der Waals surface area (Å²) >= 11 is 1.65. The minimum atomic E-state index is 0.421. The number of nitrogens with zero attached hydrogens (tertiary/aromatic N) is 3. The van der Waals surface area contributed by atoms with Gasteiger partial charge in [0.1, 0.15) is 5.82 Å². The van der Waals surface area contributed by atoms with Gasteiger partial charge in [0.25, 0.3) is 0 Å². The Hall–Kier alpha value is -0.550. The maximum atomic E-state index is 5.41. The van der Waals surface area contributed by atoms with Gasteiger partial charge in [-0.25, -0.2) is 0 Å². The van der Waals surface area contributed by atoms with Crippen molar-refractivity contribution >= 4 is 11.8 Å². The van der Waals surface area contributed by atoms with Gasteiger partial charge in [0.15, 0.2) is 5.16 Å². The van der Waals surface area contributed by atoms with Crippen LogP contribution >= 0.6 is 11.8 Å². The summed E-state index contributed by atoms with van der Waals surface area (Å²) in [6.45, 7) is 4.90. The molecule has 0 saturated carbocycles. The Morgan fingerprint density at radius 3 is 2.62 bits per heavy atom. The minimum Gasteiger partial charge on any atom is -0.330 e. The van der Waals surface area contributed by atoms with Crippen LogP contribution in [0.4, 0.5) is 0 Å². The minimum absolute atomic E-state index is 0.421. The van der Waals surface area contributed by atoms with Crippen molar-refractivity contribution in [3.63, 3.8) is 0 Å². The van der Waals surface area contributed by atoms with Crippen LogP contribution in [0.5, 0.6) is 0 Å². The molecule has 0 spiro atoms. The zero-order chi connectivity index (χ0) is 9.84. The van der Waals surface area contributed by atoms with Crippen molar-refractivity contribution in [3.05, 3.63) is 5.82 Å². The third-order valence-corrected chi connectivity index (χ3v) is 2.79. The molecule has 0 aliphatic rings. The SMILES string of the molecule is CC(C)c1nnc(SCCN)n1C. The van der Waals surface area contributed by atoms with E-state index in [2.05, 4.69) is 24.0 Å². The van der Waals surface area contributed by atoms with Gasteiger partial charge in [-0.15, -0.1) is 10.2 Å². The molecule has 0 aromatic carbocycles. The van der Waals surface area contributed by atoms with E-state index >= 15 is 0 Å². The van der Waals surface area contributed by atoms with Crippen molar-refractivity contribution in [2.24, 2.45) is 12.8 Å². The molecule has 5 heteroatoms. The Balaban J connectivity index is 2.74. The summed E-state index contributed by atoms with van der Waals surface area (Å²) < 4.78 is 2.03. The first kappa shape index (κ1) is 10.5. The molecule has 1 heterocycles. The number of hydrogen-bond donors (Lipinski definition) is 1. The standard InChI is InChI=1S/C8H16N4S/c1-6(2)7-10-11-8(12(7)3)13-5-4-9/h6H,4-5,9H2,1-3H3. The summed E-state index contributed by atoms with van der Waals surface area (Å²) in [5.41, 5.74) is 5.41. The molecule has 1 aromatic rings. The van der Waals surface area contributed by atoms with E-state index in [1.165, 1.54) is 0 Å². The van der Waals surface area contributed by atoms with Crippen molar-refractivity contribution < 1.29 is 0 Å². The van der Waals surface area contributed by atoms with E-state index in [0.29, 0.717) is 12.5 Å². The van der Waals surface area contributed by atoms with E-state index in [-0.39, 0.29) is 0 Å². The van der Waals surface area contributed by atoms with Gasteiger partial charge < -0.3 is 10.3 Å². The van der Waals surface area contributed by atoms with Crippen molar-refractivity contribution in [1.82, 2.24) is 14.8 Å². The van der Waals surface area contributed by atoms with Crippen molar-refractivity contribution in [2.75, 3.05) is 12.3 Å². The fraction of sp³-hybridized carbons (Fsp3) is 0.750. The van der Waals surface area contributed by atoms with E-state index in [9.17, 15) is 0 Å². The first-order valence-corrected chi connectivity index (χ1v) is 5.37. The highest BCUT2D eigenvalue weighted by Crippen LogP contribution is 2.18. The second-order valence-corrected chi connectivity index (χ2v) is 4.25. The number of thioether (sulfide) groups is 1. The molecule has 0 aliphatic heterocycles. The monoisotopic (exact) mass is 200 g/mol. The van der Waals surface area contributed by atoms with Crippen LogP contribution < -0.4 is 5.73 Å². The van der Waals surface area contributed by atoms with Gasteiger partial charge in [-0.3, -0.25) is 0 Å². The van der Waals surface area contributed by atoms with E-state index in [1.807, 2.05) is 11.6 Å². The zero-order valence-electron chi connectivity index (χ0n) is 8.32. The lowest BCUT2D eigenvalue weighted by atomic mass is 10.2. The third kappa shape index (κ3) is 2.45. The van der Waals surface area contributed by atoms with E-state index in [0.717, 1.165) is 16.7 Å². The highest BCUT2D eigenvalue weighted by Gasteiger charge is 2.10. The Morgan fingerprint density at radius 1 is 1.46 bits per heavy atom. The van der Waals surface area contributed by atoms with E-state index in [4.69, 9.17) is 5.73 Å². The number of aromatic nitrogens is 3. The number of hydrogen-bond acceptors (Lipinski definition) is 4. The molecule has 13 heavy (non-hydrogen) atoms. The molecule has 1 rings (SSSR count). The van der Waals surface area contributed by atoms with Crippen molar-refractivity contribution in [3.8, 4) is 0 Å². The molecule has 0 aliphatic carbocycles. The van der Waals surface area contributed by atoms with Gasteiger partial charge in [-0.1, -0.05) is 25.6 Å². The summed E-state index contributed by atoms with van der Waals surface area (Å²) in [6.07, 6.45) is 0. The predicted octanol–water partition coefficient (Wildman–Crippen LogP) is 0.989. The molecule has 0 radical (unpaired) electrons. The fourth-order valence-corrected chi connectivity index (χ4v) is 1.79. The van der Waals surface area contributed by atoms with Crippen LogP contribution in [0, 0.1) is 0 Å². The molecular formula is C8H16N4S. The average molecular weight is 200 g/mol. The first-order valence-electron chi connectivity index (χ1n) is 4.39. The molecule has 2 N–H and O–H groups in total. The van der Waals surface area contributed by atoms with Gasteiger partial charge in [-0.05, 0) is 0 Å². The topological polar surface area (TPSA) is 56.7 Å². The summed E-state index contributed by atoms with van der Waals surface area (Å²) in [5.74, 6) is 2.34. The molecular weight excluding hydrogens is 184 g/mol. The van der Waals surface area contributed by atoms with Crippen molar-refractivity contribution in [1.29, 1.82) is 0 Å². The average Bonchev–Trinajstić information content (AvgIpc) is 2.43. The molecule has 0 unspecified atom stereocenters. The Labute approximate surface area is 82.9 Å². The van der Waals surface area contributed by atoms with Gasteiger partial charge in [0, 0.05) is 25.3 Å². The summed E-state index contributed by atoms with van der Waals surface area (Å²) in [5, 5.41) is 9.17. The van der Waals surface area contributed by atoms with Gasteiger partial charge in [-0.2, -0.15) is 0 Å². The largest absolute Gasteiger partial charge is 0.330 e. The second-order valence-electron chi connectivity index (χ2n) is 3.19. The normalized spacial score (nSPS) is 11.2. The second kappa shape index (κ2) is 4.62. The van der Waals surface area contributed by atoms with Crippen molar-refractivity contribution in [2.45, 2.75) is 24.9 Å². The van der Waals surface area contributed by atoms with Crippen LogP contribution in [-0.2, 0) is 7.05 Å². The molecule has 0 fully saturated rings. The summed E-state index contributed by atoms with van der Waals surface area (Å²) in [7, 11) is 1.99. The number of nitrogens with two attached hydrogens (primary N) is 1. The molecule has 0 atom stereocenters.